The largest absolute Gasteiger partial charge is 0.494 e. The zero-order chi connectivity index (χ0) is 17.7. The Morgan fingerprint density at radius 2 is 1.71 bits per heavy atom. The number of benzene rings is 2. The molecule has 0 fully saturated rings. The predicted molar refractivity (Wildman–Crippen MR) is 88.5 cm³/mol. The van der Waals surface area contributed by atoms with Crippen molar-refractivity contribution in [1.29, 1.82) is 0 Å². The molecule has 0 saturated heterocycles. The Morgan fingerprint density at radius 3 is 2.25 bits per heavy atom. The first-order chi connectivity index (χ1) is 11.3. The van der Waals surface area contributed by atoms with Crippen molar-refractivity contribution in [2.75, 3.05) is 7.11 Å². The molecule has 0 bridgehead atoms. The molecule has 0 saturated carbocycles. The van der Waals surface area contributed by atoms with Gasteiger partial charge in [-0.2, -0.15) is 18.6 Å². The van der Waals surface area contributed by atoms with Gasteiger partial charge in [0.2, 0.25) is 0 Å². The van der Waals surface area contributed by atoms with Gasteiger partial charge < -0.3 is 4.74 Å². The molecular formula is C14H13ClN4O4S. The summed E-state index contributed by atoms with van der Waals surface area (Å²) in [7, 11) is -2.73. The summed E-state index contributed by atoms with van der Waals surface area (Å²) in [6, 6.07) is 8.64. The van der Waals surface area contributed by atoms with Crippen molar-refractivity contribution >= 4 is 39.0 Å². The minimum Gasteiger partial charge on any atom is -0.494 e. The van der Waals surface area contributed by atoms with Crippen LogP contribution in [0.1, 0.15) is 5.56 Å². The molecular weight excluding hydrogens is 356 g/mol. The zero-order valence-electron chi connectivity index (χ0n) is 12.7. The van der Waals surface area contributed by atoms with Crippen LogP contribution in [0.5, 0.6) is 5.75 Å². The number of aryl methyl sites for hydroxylation is 1. The molecule has 10 heteroatoms. The van der Waals surface area contributed by atoms with Crippen LogP contribution in [0.4, 0.5) is 17.1 Å². The minimum atomic E-state index is -4.23. The van der Waals surface area contributed by atoms with Gasteiger partial charge in [-0.15, -0.1) is 5.11 Å². The highest BCUT2D eigenvalue weighted by Gasteiger charge is 2.09. The summed E-state index contributed by atoms with van der Waals surface area (Å²) in [5.41, 5.74) is 2.12. The highest BCUT2D eigenvalue weighted by molar-refractivity contribution is 7.85. The van der Waals surface area contributed by atoms with Gasteiger partial charge in [0, 0.05) is 0 Å². The molecule has 0 aromatic heterocycles. The highest BCUT2D eigenvalue weighted by Crippen LogP contribution is 2.35. The lowest BCUT2D eigenvalue weighted by atomic mass is 10.1. The third kappa shape index (κ3) is 4.34. The van der Waals surface area contributed by atoms with Crippen molar-refractivity contribution in [3.8, 4) is 5.75 Å². The summed E-state index contributed by atoms with van der Waals surface area (Å²) in [4.78, 5) is -0.216. The normalized spacial score (nSPS) is 12.2. The monoisotopic (exact) mass is 368 g/mol. The second kappa shape index (κ2) is 7.47. The number of halogens is 1. The van der Waals surface area contributed by atoms with E-state index in [-0.39, 0.29) is 4.90 Å². The van der Waals surface area contributed by atoms with Crippen molar-refractivity contribution in [3.05, 3.63) is 42.0 Å². The number of hydrogen-bond donors (Lipinski definition) is 1. The lowest BCUT2D eigenvalue weighted by molar-refractivity contribution is 0.415. The molecule has 24 heavy (non-hydrogen) atoms. The second-order valence-electron chi connectivity index (χ2n) is 4.66. The van der Waals surface area contributed by atoms with E-state index >= 15 is 0 Å². The fraction of sp³-hybridized carbons (Fsp3) is 0.143. The average molecular weight is 369 g/mol. The lowest BCUT2D eigenvalue weighted by Crippen LogP contribution is -1.96. The smallest absolute Gasteiger partial charge is 0.294 e. The molecule has 0 aliphatic carbocycles. The van der Waals surface area contributed by atoms with Crippen molar-refractivity contribution in [1.82, 2.24) is 0 Å². The van der Waals surface area contributed by atoms with Gasteiger partial charge in [0.1, 0.15) is 11.4 Å². The van der Waals surface area contributed by atoms with Crippen LogP contribution in [0.3, 0.4) is 0 Å². The van der Waals surface area contributed by atoms with Crippen molar-refractivity contribution in [2.45, 2.75) is 11.8 Å². The Hall–Kier alpha value is -2.36. The van der Waals surface area contributed by atoms with Gasteiger partial charge in [0.25, 0.3) is 10.1 Å². The number of ether oxygens (including phenoxy) is 1. The van der Waals surface area contributed by atoms with E-state index in [1.807, 2.05) is 6.92 Å². The van der Waals surface area contributed by atoms with Crippen LogP contribution in [0.25, 0.3) is 0 Å². The van der Waals surface area contributed by atoms with Gasteiger partial charge in [0.15, 0.2) is 0 Å². The lowest BCUT2D eigenvalue weighted by Gasteiger charge is -2.06. The number of methoxy groups -OCH3 is 1. The third-order valence-corrected chi connectivity index (χ3v) is 3.99. The quantitative estimate of drug-likeness (QED) is 0.596. The summed E-state index contributed by atoms with van der Waals surface area (Å²) in [6.45, 7) is 1.82. The Labute approximate surface area is 143 Å². The van der Waals surface area contributed by atoms with Crippen LogP contribution in [0.2, 0.25) is 0 Å². The first-order valence-electron chi connectivity index (χ1n) is 6.55. The molecule has 2 aromatic carbocycles. The average Bonchev–Trinajstić information content (AvgIpc) is 2.54. The van der Waals surface area contributed by atoms with Gasteiger partial charge in [-0.05, 0) is 48.9 Å². The van der Waals surface area contributed by atoms with E-state index in [1.165, 1.54) is 31.4 Å². The SMILES string of the molecule is COc1cc(C)c(N=Nc2ccc(S(=O)(=O)O)cc2)cc1N=NCl. The molecule has 0 unspecified atom stereocenters. The highest BCUT2D eigenvalue weighted by atomic mass is 35.5. The number of hydrogen-bond acceptors (Lipinski definition) is 7. The van der Waals surface area contributed by atoms with Crippen LogP contribution in [0.15, 0.2) is 61.3 Å². The van der Waals surface area contributed by atoms with E-state index in [1.54, 1.807) is 12.1 Å². The van der Waals surface area contributed by atoms with E-state index in [0.717, 1.165) is 5.56 Å². The van der Waals surface area contributed by atoms with E-state index in [4.69, 9.17) is 21.1 Å². The molecule has 1 N–H and O–H groups in total. The first-order valence-corrected chi connectivity index (χ1v) is 8.33. The molecule has 0 radical (unpaired) electrons. The molecule has 0 aliphatic rings. The summed E-state index contributed by atoms with van der Waals surface area (Å²) in [5, 5.41) is 11.9. The molecule has 2 aromatic rings. The summed E-state index contributed by atoms with van der Waals surface area (Å²) < 4.78 is 39.3. The van der Waals surface area contributed by atoms with Gasteiger partial charge in [-0.1, -0.05) is 4.63 Å². The van der Waals surface area contributed by atoms with Crippen LogP contribution in [-0.4, -0.2) is 20.1 Å². The van der Waals surface area contributed by atoms with Crippen LogP contribution in [0, 0.1) is 6.92 Å². The van der Waals surface area contributed by atoms with Gasteiger partial charge in [-0.3, -0.25) is 4.55 Å². The summed E-state index contributed by atoms with van der Waals surface area (Å²) in [6.07, 6.45) is 0. The summed E-state index contributed by atoms with van der Waals surface area (Å²) >= 11 is 5.26. The van der Waals surface area contributed by atoms with Gasteiger partial charge in [0.05, 0.1) is 35.2 Å². The second-order valence-corrected chi connectivity index (χ2v) is 6.23. The molecule has 0 heterocycles. The van der Waals surface area contributed by atoms with Crippen molar-refractivity contribution in [3.63, 3.8) is 0 Å². The van der Waals surface area contributed by atoms with Crippen LogP contribution in [-0.2, 0) is 10.1 Å². The maximum absolute atomic E-state index is 11.0. The summed E-state index contributed by atoms with van der Waals surface area (Å²) in [5.74, 6) is 0.494. The molecule has 126 valence electrons. The fourth-order valence-corrected chi connectivity index (χ4v) is 2.41. The first kappa shape index (κ1) is 18.0. The Balaban J connectivity index is 2.33. The predicted octanol–water partition coefficient (Wildman–Crippen LogP) is 4.90. The minimum absolute atomic E-state index is 0.216. The maximum Gasteiger partial charge on any atom is 0.294 e. The third-order valence-electron chi connectivity index (χ3n) is 3.05. The molecule has 0 atom stereocenters. The van der Waals surface area contributed by atoms with Crippen molar-refractivity contribution in [2.24, 2.45) is 20.0 Å². The van der Waals surface area contributed by atoms with Crippen molar-refractivity contribution < 1.29 is 17.7 Å². The molecule has 0 aliphatic heterocycles. The standard InChI is InChI=1S/C14H13ClN4O4S/c1-9-7-14(23-2)13(18-19-15)8-12(9)17-16-10-3-5-11(6-4-10)24(20,21)22/h3-8H,1-2H3,(H,20,21,22). The topological polar surface area (TPSA) is 113 Å². The number of rotatable bonds is 5. The Morgan fingerprint density at radius 1 is 1.04 bits per heavy atom. The molecule has 0 spiro atoms. The molecule has 8 nitrogen and oxygen atoms in total. The molecule has 0 amide bonds. The van der Waals surface area contributed by atoms with E-state index in [9.17, 15) is 8.42 Å². The van der Waals surface area contributed by atoms with Gasteiger partial charge in [-0.25, -0.2) is 0 Å². The van der Waals surface area contributed by atoms with Crippen LogP contribution >= 0.6 is 11.8 Å². The molecule has 2 rings (SSSR count). The Bertz CT molecular complexity index is 896. The fourth-order valence-electron chi connectivity index (χ4n) is 1.85. The maximum atomic E-state index is 11.0. The van der Waals surface area contributed by atoms with Crippen LogP contribution < -0.4 is 4.74 Å². The van der Waals surface area contributed by atoms with E-state index in [2.05, 4.69) is 20.0 Å². The van der Waals surface area contributed by atoms with E-state index < -0.39 is 10.1 Å². The number of nitrogens with zero attached hydrogens (tertiary/aromatic N) is 4. The Kier molecular flexibility index (Phi) is 5.60. The zero-order valence-corrected chi connectivity index (χ0v) is 14.3. The van der Waals surface area contributed by atoms with Gasteiger partial charge >= 0.3 is 0 Å². The van der Waals surface area contributed by atoms with E-state index in [0.29, 0.717) is 22.8 Å². The number of azo groups is 1.